The molecular formula is C10H19ClF2N2O3. The minimum atomic E-state index is -3.26. The van der Waals surface area contributed by atoms with E-state index < -0.39 is 36.8 Å². The molecule has 0 aliphatic rings. The number of esters is 1. The first-order valence-corrected chi connectivity index (χ1v) is 5.18. The minimum absolute atomic E-state index is 0. The summed E-state index contributed by atoms with van der Waals surface area (Å²) in [5.41, 5.74) is 4.81. The van der Waals surface area contributed by atoms with Crippen LogP contribution in [0.5, 0.6) is 0 Å². The van der Waals surface area contributed by atoms with E-state index >= 15 is 0 Å². The molecule has 0 fully saturated rings. The summed E-state index contributed by atoms with van der Waals surface area (Å²) in [6.45, 7) is 2.43. The summed E-state index contributed by atoms with van der Waals surface area (Å²) in [5, 5.41) is 2.21. The minimum Gasteiger partial charge on any atom is -0.467 e. The molecule has 0 saturated carbocycles. The normalized spacial score (nSPS) is 12.6. The molecular weight excluding hydrogens is 270 g/mol. The van der Waals surface area contributed by atoms with Gasteiger partial charge in [-0.1, -0.05) is 13.8 Å². The van der Waals surface area contributed by atoms with Crippen molar-refractivity contribution in [1.82, 2.24) is 5.32 Å². The molecule has 0 unspecified atom stereocenters. The average Bonchev–Trinajstić information content (AvgIpc) is 2.24. The van der Waals surface area contributed by atoms with Gasteiger partial charge in [-0.15, -0.1) is 12.4 Å². The Morgan fingerprint density at radius 1 is 1.39 bits per heavy atom. The molecule has 0 rings (SSSR count). The monoisotopic (exact) mass is 288 g/mol. The van der Waals surface area contributed by atoms with Gasteiger partial charge >= 0.3 is 5.97 Å². The van der Waals surface area contributed by atoms with Crippen molar-refractivity contribution in [1.29, 1.82) is 0 Å². The molecule has 0 bridgehead atoms. The van der Waals surface area contributed by atoms with E-state index in [2.05, 4.69) is 10.1 Å². The molecule has 0 aromatic heterocycles. The van der Waals surface area contributed by atoms with E-state index in [9.17, 15) is 18.4 Å². The molecule has 1 atom stereocenters. The summed E-state index contributed by atoms with van der Waals surface area (Å²) in [7, 11) is 1.17. The van der Waals surface area contributed by atoms with Gasteiger partial charge in [-0.3, -0.25) is 4.79 Å². The molecule has 1 amide bonds. The molecule has 0 aromatic carbocycles. The Hall–Kier alpha value is -0.950. The fourth-order valence-electron chi connectivity index (χ4n) is 1.16. The van der Waals surface area contributed by atoms with Crippen LogP contribution in [0, 0.1) is 5.92 Å². The van der Waals surface area contributed by atoms with Crippen molar-refractivity contribution in [2.45, 2.75) is 32.2 Å². The maximum absolute atomic E-state index is 12.8. The van der Waals surface area contributed by atoms with E-state index in [1.54, 1.807) is 13.8 Å². The van der Waals surface area contributed by atoms with Gasteiger partial charge in [0.15, 0.2) is 0 Å². The third kappa shape index (κ3) is 6.70. The van der Waals surface area contributed by atoms with Crippen molar-refractivity contribution < 1.29 is 23.1 Å². The van der Waals surface area contributed by atoms with Crippen LogP contribution in [-0.2, 0) is 14.3 Å². The molecule has 0 aromatic rings. The number of alkyl halides is 2. The van der Waals surface area contributed by atoms with Gasteiger partial charge in [-0.25, -0.2) is 13.6 Å². The number of amides is 1. The molecule has 0 radical (unpaired) electrons. The zero-order valence-electron chi connectivity index (χ0n) is 10.5. The lowest BCUT2D eigenvalue weighted by Gasteiger charge is -2.21. The predicted molar refractivity (Wildman–Crippen MR) is 64.7 cm³/mol. The van der Waals surface area contributed by atoms with Crippen LogP contribution in [0.3, 0.4) is 0 Å². The van der Waals surface area contributed by atoms with Crippen LogP contribution in [0.4, 0.5) is 8.78 Å². The highest BCUT2D eigenvalue weighted by molar-refractivity contribution is 5.85. The highest BCUT2D eigenvalue weighted by Crippen LogP contribution is 2.16. The second-order valence-corrected chi connectivity index (χ2v) is 4.05. The van der Waals surface area contributed by atoms with E-state index in [0.717, 1.165) is 0 Å². The molecule has 0 heterocycles. The lowest BCUT2D eigenvalue weighted by Crippen LogP contribution is -2.47. The first-order valence-electron chi connectivity index (χ1n) is 5.18. The van der Waals surface area contributed by atoms with Crippen molar-refractivity contribution in [3.05, 3.63) is 0 Å². The van der Waals surface area contributed by atoms with Crippen molar-refractivity contribution in [2.75, 3.05) is 13.7 Å². The number of nitrogens with two attached hydrogens (primary N) is 1. The lowest BCUT2D eigenvalue weighted by atomic mass is 10.0. The molecule has 8 heteroatoms. The molecule has 0 saturated heterocycles. The standard InChI is InChI=1S/C10H18F2N2O3.ClH/c1-6(2)8(9(16)17-3)14-7(15)4-10(11,12)5-13;/h6,8H,4-5,13H2,1-3H3,(H,14,15);1H/t8-;/m0./s1. The predicted octanol–water partition coefficient (Wildman–Crippen LogP) is 0.706. The van der Waals surface area contributed by atoms with Crippen molar-refractivity contribution in [2.24, 2.45) is 11.7 Å². The van der Waals surface area contributed by atoms with Gasteiger partial charge in [0.2, 0.25) is 5.91 Å². The molecule has 0 spiro atoms. The highest BCUT2D eigenvalue weighted by Gasteiger charge is 2.33. The Bertz CT molecular complexity index is 288. The second kappa shape index (κ2) is 8.20. The number of carbonyl (C=O) groups excluding carboxylic acids is 2. The fraction of sp³-hybridized carbons (Fsp3) is 0.800. The summed E-state index contributed by atoms with van der Waals surface area (Å²) in [6, 6.07) is -0.930. The Kier molecular flexibility index (Phi) is 8.84. The van der Waals surface area contributed by atoms with Gasteiger partial charge in [-0.2, -0.15) is 0 Å². The van der Waals surface area contributed by atoms with Crippen LogP contribution in [0.15, 0.2) is 0 Å². The second-order valence-electron chi connectivity index (χ2n) is 4.05. The van der Waals surface area contributed by atoms with Gasteiger partial charge in [-0.05, 0) is 5.92 Å². The summed E-state index contributed by atoms with van der Waals surface area (Å²) in [5.74, 6) is -5.10. The molecule has 3 N–H and O–H groups in total. The quantitative estimate of drug-likeness (QED) is 0.705. The van der Waals surface area contributed by atoms with Crippen LogP contribution < -0.4 is 11.1 Å². The van der Waals surface area contributed by atoms with Crippen LogP contribution in [-0.4, -0.2) is 37.5 Å². The third-order valence-electron chi connectivity index (χ3n) is 2.16. The van der Waals surface area contributed by atoms with Crippen LogP contribution in [0.2, 0.25) is 0 Å². The maximum Gasteiger partial charge on any atom is 0.328 e. The summed E-state index contributed by atoms with van der Waals surface area (Å²) in [4.78, 5) is 22.6. The largest absolute Gasteiger partial charge is 0.467 e. The average molecular weight is 289 g/mol. The topological polar surface area (TPSA) is 81.4 Å². The van der Waals surface area contributed by atoms with E-state index in [-0.39, 0.29) is 18.3 Å². The first-order chi connectivity index (χ1) is 7.73. The maximum atomic E-state index is 12.8. The summed E-state index contributed by atoms with van der Waals surface area (Å²) < 4.78 is 30.1. The Balaban J connectivity index is 0. The molecule has 18 heavy (non-hydrogen) atoms. The molecule has 0 aliphatic heterocycles. The number of ether oxygens (including phenoxy) is 1. The molecule has 0 aliphatic carbocycles. The number of rotatable bonds is 6. The number of nitrogens with one attached hydrogen (secondary N) is 1. The molecule has 108 valence electrons. The number of halogens is 3. The van der Waals surface area contributed by atoms with Gasteiger partial charge in [0, 0.05) is 0 Å². The number of methoxy groups -OCH3 is 1. The number of carbonyl (C=O) groups is 2. The van der Waals surface area contributed by atoms with Crippen LogP contribution in [0.1, 0.15) is 20.3 Å². The Morgan fingerprint density at radius 3 is 2.22 bits per heavy atom. The zero-order valence-corrected chi connectivity index (χ0v) is 11.4. The number of hydrogen-bond donors (Lipinski definition) is 2. The van der Waals surface area contributed by atoms with Crippen molar-refractivity contribution in [3.63, 3.8) is 0 Å². The van der Waals surface area contributed by atoms with Gasteiger partial charge in [0.05, 0.1) is 20.1 Å². The van der Waals surface area contributed by atoms with E-state index in [1.165, 1.54) is 7.11 Å². The van der Waals surface area contributed by atoms with Gasteiger partial charge < -0.3 is 15.8 Å². The van der Waals surface area contributed by atoms with Gasteiger partial charge in [0.25, 0.3) is 5.92 Å². The zero-order chi connectivity index (χ0) is 13.6. The number of hydrogen-bond acceptors (Lipinski definition) is 4. The van der Waals surface area contributed by atoms with Crippen LogP contribution >= 0.6 is 12.4 Å². The first kappa shape index (κ1) is 19.4. The van der Waals surface area contributed by atoms with E-state index in [1.807, 2.05) is 0 Å². The summed E-state index contributed by atoms with van der Waals surface area (Å²) in [6.07, 6.45) is -1.04. The van der Waals surface area contributed by atoms with E-state index in [4.69, 9.17) is 5.73 Å². The lowest BCUT2D eigenvalue weighted by molar-refractivity contribution is -0.147. The van der Waals surface area contributed by atoms with E-state index in [0.29, 0.717) is 0 Å². The Morgan fingerprint density at radius 2 is 1.89 bits per heavy atom. The molecule has 5 nitrogen and oxygen atoms in total. The highest BCUT2D eigenvalue weighted by atomic mass is 35.5. The summed E-state index contributed by atoms with van der Waals surface area (Å²) >= 11 is 0. The Labute approximate surface area is 111 Å². The fourth-order valence-corrected chi connectivity index (χ4v) is 1.16. The SMILES string of the molecule is COC(=O)[C@@H](NC(=O)CC(F)(F)CN)C(C)C.Cl. The third-order valence-corrected chi connectivity index (χ3v) is 2.16. The van der Waals surface area contributed by atoms with Crippen LogP contribution in [0.25, 0.3) is 0 Å². The smallest absolute Gasteiger partial charge is 0.328 e. The van der Waals surface area contributed by atoms with Crippen molar-refractivity contribution in [3.8, 4) is 0 Å². The van der Waals surface area contributed by atoms with Gasteiger partial charge in [0.1, 0.15) is 6.04 Å². The van der Waals surface area contributed by atoms with Crippen molar-refractivity contribution >= 4 is 24.3 Å².